The van der Waals surface area contributed by atoms with Crippen molar-refractivity contribution >= 4 is 5.97 Å². The molecular formula is C17H22O6. The van der Waals surface area contributed by atoms with Crippen LogP contribution in [-0.2, 0) is 20.7 Å². The molecule has 1 heterocycles. The van der Waals surface area contributed by atoms with Crippen LogP contribution in [0.3, 0.4) is 0 Å². The maximum atomic E-state index is 11.5. The van der Waals surface area contributed by atoms with Crippen molar-refractivity contribution in [2.45, 2.75) is 25.4 Å². The van der Waals surface area contributed by atoms with Gasteiger partial charge in [0.25, 0.3) is 0 Å². The Bertz CT molecular complexity index is 568. The molecule has 23 heavy (non-hydrogen) atoms. The Labute approximate surface area is 135 Å². The first kappa shape index (κ1) is 17.0. The summed E-state index contributed by atoms with van der Waals surface area (Å²) in [4.78, 5) is 11.5. The third-order valence-electron chi connectivity index (χ3n) is 3.73. The van der Waals surface area contributed by atoms with Crippen LogP contribution < -0.4 is 14.2 Å². The third-order valence-corrected chi connectivity index (χ3v) is 3.73. The number of carbonyl (C=O) groups excluding carboxylic acids is 1. The molecule has 0 N–H and O–H groups in total. The van der Waals surface area contributed by atoms with E-state index < -0.39 is 0 Å². The van der Waals surface area contributed by atoms with Gasteiger partial charge in [0.1, 0.15) is 11.9 Å². The molecule has 0 saturated carbocycles. The Morgan fingerprint density at radius 1 is 1.04 bits per heavy atom. The highest BCUT2D eigenvalue weighted by atomic mass is 16.6. The average Bonchev–Trinajstić information content (AvgIpc) is 2.58. The molecule has 1 aliphatic heterocycles. The second-order valence-electron chi connectivity index (χ2n) is 5.15. The van der Waals surface area contributed by atoms with Gasteiger partial charge in [-0.25, -0.2) is 4.79 Å². The number of rotatable bonds is 7. The van der Waals surface area contributed by atoms with Gasteiger partial charge in [0.2, 0.25) is 5.75 Å². The largest absolute Gasteiger partial charge is 0.501 e. The summed E-state index contributed by atoms with van der Waals surface area (Å²) in [5.74, 6) is 2.08. The number of carbonyl (C=O) groups is 1. The molecule has 6 nitrogen and oxygen atoms in total. The highest BCUT2D eigenvalue weighted by Gasteiger charge is 2.22. The Morgan fingerprint density at radius 2 is 1.70 bits per heavy atom. The van der Waals surface area contributed by atoms with Crippen molar-refractivity contribution in [3.63, 3.8) is 0 Å². The number of ether oxygens (including phenoxy) is 5. The molecule has 1 atom stereocenters. The van der Waals surface area contributed by atoms with Gasteiger partial charge in [0.05, 0.1) is 34.5 Å². The van der Waals surface area contributed by atoms with Gasteiger partial charge in [0, 0.05) is 6.42 Å². The molecule has 1 aliphatic rings. The lowest BCUT2D eigenvalue weighted by molar-refractivity contribution is -0.145. The zero-order valence-electron chi connectivity index (χ0n) is 13.9. The van der Waals surface area contributed by atoms with Crippen molar-refractivity contribution in [2.24, 2.45) is 0 Å². The smallest absolute Gasteiger partial charge is 0.334 e. The first-order valence-corrected chi connectivity index (χ1v) is 7.35. The molecule has 1 unspecified atom stereocenters. The molecule has 0 fully saturated rings. The van der Waals surface area contributed by atoms with Crippen molar-refractivity contribution in [3.05, 3.63) is 29.5 Å². The monoisotopic (exact) mass is 322 g/mol. The maximum Gasteiger partial charge on any atom is 0.334 e. The molecule has 0 aliphatic carbocycles. The molecule has 2 rings (SSSR count). The molecule has 1 aromatic carbocycles. The van der Waals surface area contributed by atoms with Gasteiger partial charge in [-0.2, -0.15) is 0 Å². The van der Waals surface area contributed by atoms with Crippen LogP contribution in [0.4, 0.5) is 0 Å². The van der Waals surface area contributed by atoms with Crippen LogP contribution in [-0.4, -0.2) is 40.5 Å². The number of hydrogen-bond acceptors (Lipinski definition) is 6. The molecular weight excluding hydrogens is 300 g/mol. The summed E-state index contributed by atoms with van der Waals surface area (Å²) in [7, 11) is 6.29. The van der Waals surface area contributed by atoms with E-state index in [2.05, 4.69) is 0 Å². The predicted octanol–water partition coefficient (Wildman–Crippen LogP) is 2.49. The average molecular weight is 322 g/mol. The summed E-state index contributed by atoms with van der Waals surface area (Å²) in [6.07, 6.45) is 3.18. The van der Waals surface area contributed by atoms with Gasteiger partial charge in [-0.05, 0) is 30.5 Å². The lowest BCUT2D eigenvalue weighted by Gasteiger charge is -2.22. The molecule has 0 amide bonds. The van der Waals surface area contributed by atoms with Gasteiger partial charge in [-0.15, -0.1) is 0 Å². The first-order valence-electron chi connectivity index (χ1n) is 7.35. The number of hydrogen-bond donors (Lipinski definition) is 0. The summed E-state index contributed by atoms with van der Waals surface area (Å²) in [5.41, 5.74) is 1.02. The summed E-state index contributed by atoms with van der Waals surface area (Å²) >= 11 is 0. The molecule has 1 aromatic rings. The molecule has 0 spiro atoms. The molecule has 6 heteroatoms. The summed E-state index contributed by atoms with van der Waals surface area (Å²) in [5, 5.41) is 0. The summed E-state index contributed by atoms with van der Waals surface area (Å²) in [6.45, 7) is 0. The van der Waals surface area contributed by atoms with Crippen LogP contribution in [0.1, 0.15) is 18.4 Å². The predicted molar refractivity (Wildman–Crippen MR) is 84.0 cm³/mol. The second-order valence-corrected chi connectivity index (χ2v) is 5.15. The highest BCUT2D eigenvalue weighted by molar-refractivity contribution is 5.83. The van der Waals surface area contributed by atoms with E-state index in [1.165, 1.54) is 6.08 Å². The van der Waals surface area contributed by atoms with Gasteiger partial charge in [-0.1, -0.05) is 0 Å². The highest BCUT2D eigenvalue weighted by Crippen LogP contribution is 2.38. The van der Waals surface area contributed by atoms with Crippen LogP contribution in [0.25, 0.3) is 0 Å². The van der Waals surface area contributed by atoms with Crippen LogP contribution in [0, 0.1) is 0 Å². The molecule has 0 radical (unpaired) electrons. The zero-order valence-corrected chi connectivity index (χ0v) is 13.9. The molecule has 0 aromatic heterocycles. The minimum Gasteiger partial charge on any atom is -0.501 e. The number of benzene rings is 1. The van der Waals surface area contributed by atoms with E-state index in [0.29, 0.717) is 42.3 Å². The van der Waals surface area contributed by atoms with Crippen LogP contribution in [0.5, 0.6) is 17.2 Å². The molecule has 0 saturated heterocycles. The van der Waals surface area contributed by atoms with E-state index in [4.69, 9.17) is 23.7 Å². The SMILES string of the molecule is COC1=CC(=O)OC(CCc2cc(OC)c(OC)c(OC)c2)C1. The van der Waals surface area contributed by atoms with E-state index in [1.807, 2.05) is 12.1 Å². The minimum absolute atomic E-state index is 0.193. The Hall–Kier alpha value is -2.37. The van der Waals surface area contributed by atoms with Gasteiger partial charge < -0.3 is 23.7 Å². The molecule has 0 bridgehead atoms. The fourth-order valence-corrected chi connectivity index (χ4v) is 2.57. The van der Waals surface area contributed by atoms with Crippen LogP contribution in [0.15, 0.2) is 24.0 Å². The first-order chi connectivity index (χ1) is 11.1. The van der Waals surface area contributed by atoms with Gasteiger partial charge >= 0.3 is 5.97 Å². The standard InChI is InChI=1S/C17H22O6/c1-19-13-9-12(23-16(18)10-13)6-5-11-7-14(20-2)17(22-4)15(8-11)21-3/h7-8,10,12H,5-6,9H2,1-4H3. The van der Waals surface area contributed by atoms with E-state index >= 15 is 0 Å². The second kappa shape index (κ2) is 7.76. The third kappa shape index (κ3) is 4.09. The number of aryl methyl sites for hydroxylation is 1. The number of cyclic esters (lactones) is 1. The number of methoxy groups -OCH3 is 4. The van der Waals surface area contributed by atoms with E-state index in [1.54, 1.807) is 28.4 Å². The fourth-order valence-electron chi connectivity index (χ4n) is 2.57. The minimum atomic E-state index is -0.358. The lowest BCUT2D eigenvalue weighted by Crippen LogP contribution is -2.23. The van der Waals surface area contributed by atoms with E-state index in [9.17, 15) is 4.79 Å². The van der Waals surface area contributed by atoms with Crippen molar-refractivity contribution < 1.29 is 28.5 Å². The summed E-state index contributed by atoms with van der Waals surface area (Å²) in [6, 6.07) is 3.80. The van der Waals surface area contributed by atoms with E-state index in [0.717, 1.165) is 5.56 Å². The Kier molecular flexibility index (Phi) is 5.73. The Balaban J connectivity index is 2.09. The maximum absolute atomic E-state index is 11.5. The van der Waals surface area contributed by atoms with Gasteiger partial charge in [-0.3, -0.25) is 0 Å². The lowest BCUT2D eigenvalue weighted by atomic mass is 10.0. The van der Waals surface area contributed by atoms with E-state index in [-0.39, 0.29) is 12.1 Å². The van der Waals surface area contributed by atoms with Crippen LogP contribution in [0.2, 0.25) is 0 Å². The summed E-state index contributed by atoms with van der Waals surface area (Å²) < 4.78 is 26.5. The zero-order chi connectivity index (χ0) is 16.8. The fraction of sp³-hybridized carbons (Fsp3) is 0.471. The van der Waals surface area contributed by atoms with Gasteiger partial charge in [0.15, 0.2) is 11.5 Å². The van der Waals surface area contributed by atoms with Crippen LogP contribution >= 0.6 is 0 Å². The quantitative estimate of drug-likeness (QED) is 0.719. The van der Waals surface area contributed by atoms with Crippen molar-refractivity contribution in [3.8, 4) is 17.2 Å². The molecule has 126 valence electrons. The topological polar surface area (TPSA) is 63.2 Å². The Morgan fingerprint density at radius 3 is 2.22 bits per heavy atom. The van der Waals surface area contributed by atoms with Crippen molar-refractivity contribution in [2.75, 3.05) is 28.4 Å². The normalized spacial score (nSPS) is 17.1. The van der Waals surface area contributed by atoms with Crippen molar-refractivity contribution in [1.29, 1.82) is 0 Å². The van der Waals surface area contributed by atoms with Crippen molar-refractivity contribution in [1.82, 2.24) is 0 Å². The number of esters is 1.